The van der Waals surface area contributed by atoms with E-state index in [0.29, 0.717) is 0 Å². The highest BCUT2D eigenvalue weighted by Crippen LogP contribution is 2.17. The molecule has 0 aromatic carbocycles. The molecule has 0 spiro atoms. The molecule has 1 heterocycles. The summed E-state index contributed by atoms with van der Waals surface area (Å²) in [6, 6.07) is 0. The number of nitrogens with zero attached hydrogens (tertiary/aromatic N) is 1. The van der Waals surface area contributed by atoms with E-state index < -0.39 is 0 Å². The predicted octanol–water partition coefficient (Wildman–Crippen LogP) is 2.22. The molecule has 0 bridgehead atoms. The number of terminal acetylenes is 1. The Balaban J connectivity index is 2.59. The zero-order chi connectivity index (χ0) is 9.68. The minimum Gasteiger partial charge on any atom is -0.302 e. The van der Waals surface area contributed by atoms with Crippen LogP contribution in [-0.2, 0) is 0 Å². The van der Waals surface area contributed by atoms with Crippen molar-refractivity contribution in [1.82, 2.24) is 4.90 Å². The summed E-state index contributed by atoms with van der Waals surface area (Å²) in [6.07, 6.45) is 11.3. The monoisotopic (exact) mass is 175 g/mol. The lowest BCUT2D eigenvalue weighted by atomic mass is 10.0. The first-order valence-electron chi connectivity index (χ1n) is 4.71. The van der Waals surface area contributed by atoms with Crippen molar-refractivity contribution < 1.29 is 0 Å². The van der Waals surface area contributed by atoms with Gasteiger partial charge < -0.3 is 4.90 Å². The summed E-state index contributed by atoms with van der Waals surface area (Å²) in [5.41, 5.74) is 2.94. The lowest BCUT2D eigenvalue weighted by Gasteiger charge is -2.24. The number of allylic oxidation sites excluding steroid dienone is 2. The van der Waals surface area contributed by atoms with Crippen molar-refractivity contribution in [3.63, 3.8) is 0 Å². The third-order valence-electron chi connectivity index (χ3n) is 2.37. The predicted molar refractivity (Wildman–Crippen MR) is 57.4 cm³/mol. The standard InChI is InChI=1S/C12H17N/c1-4-5-6-7-12-8-9-13(3)10-11(12)2/h1,6-7H,5,8-10H2,2-3H3/b7-6-. The van der Waals surface area contributed by atoms with Crippen molar-refractivity contribution in [1.29, 1.82) is 0 Å². The maximum atomic E-state index is 5.18. The SMILES string of the molecule is C#CC/C=C\C1=C(C)CN(C)CC1. The Morgan fingerprint density at radius 1 is 1.62 bits per heavy atom. The Hall–Kier alpha value is -1.00. The van der Waals surface area contributed by atoms with Crippen LogP contribution in [0.2, 0.25) is 0 Å². The maximum Gasteiger partial charge on any atom is 0.0270 e. The average molecular weight is 175 g/mol. The molecule has 0 aromatic heterocycles. The second-order valence-corrected chi connectivity index (χ2v) is 3.60. The zero-order valence-electron chi connectivity index (χ0n) is 8.51. The van der Waals surface area contributed by atoms with Crippen molar-refractivity contribution in [3.8, 4) is 12.3 Å². The Morgan fingerprint density at radius 2 is 2.38 bits per heavy atom. The van der Waals surface area contributed by atoms with Gasteiger partial charge in [0.25, 0.3) is 0 Å². The highest BCUT2D eigenvalue weighted by molar-refractivity contribution is 5.28. The molecular formula is C12H17N. The molecule has 70 valence electrons. The molecule has 0 aliphatic carbocycles. The van der Waals surface area contributed by atoms with E-state index in [9.17, 15) is 0 Å². The van der Waals surface area contributed by atoms with Crippen molar-refractivity contribution >= 4 is 0 Å². The summed E-state index contributed by atoms with van der Waals surface area (Å²) in [6.45, 7) is 4.45. The summed E-state index contributed by atoms with van der Waals surface area (Å²) >= 11 is 0. The molecule has 0 amide bonds. The van der Waals surface area contributed by atoms with E-state index in [1.54, 1.807) is 0 Å². The molecule has 1 rings (SSSR count). The van der Waals surface area contributed by atoms with Crippen molar-refractivity contribution in [2.75, 3.05) is 20.1 Å². The Kier molecular flexibility index (Phi) is 3.79. The summed E-state index contributed by atoms with van der Waals surface area (Å²) in [4.78, 5) is 2.34. The number of hydrogen-bond donors (Lipinski definition) is 0. The van der Waals surface area contributed by atoms with Crippen LogP contribution in [0.5, 0.6) is 0 Å². The summed E-state index contributed by atoms with van der Waals surface area (Å²) in [5, 5.41) is 0. The third-order valence-corrected chi connectivity index (χ3v) is 2.37. The van der Waals surface area contributed by atoms with Crippen LogP contribution in [0.3, 0.4) is 0 Å². The molecule has 0 fully saturated rings. The molecule has 0 saturated heterocycles. The normalized spacial score (nSPS) is 19.5. The minimum absolute atomic E-state index is 0.743. The highest BCUT2D eigenvalue weighted by atomic mass is 15.1. The van der Waals surface area contributed by atoms with Gasteiger partial charge in [-0.2, -0.15) is 0 Å². The van der Waals surface area contributed by atoms with Crippen LogP contribution in [0, 0.1) is 12.3 Å². The first-order chi connectivity index (χ1) is 6.24. The fraction of sp³-hybridized carbons (Fsp3) is 0.500. The smallest absolute Gasteiger partial charge is 0.0270 e. The molecule has 1 aliphatic heterocycles. The van der Waals surface area contributed by atoms with E-state index in [2.05, 4.69) is 36.9 Å². The van der Waals surface area contributed by atoms with Gasteiger partial charge in [-0.1, -0.05) is 17.7 Å². The van der Waals surface area contributed by atoms with Gasteiger partial charge >= 0.3 is 0 Å². The van der Waals surface area contributed by atoms with Gasteiger partial charge in [0.05, 0.1) is 0 Å². The average Bonchev–Trinajstić information content (AvgIpc) is 2.09. The van der Waals surface area contributed by atoms with E-state index in [0.717, 1.165) is 25.9 Å². The first kappa shape index (κ1) is 10.1. The maximum absolute atomic E-state index is 5.18. The Labute approximate surface area is 81.1 Å². The van der Waals surface area contributed by atoms with E-state index in [1.165, 1.54) is 11.1 Å². The molecule has 0 atom stereocenters. The molecule has 0 saturated carbocycles. The van der Waals surface area contributed by atoms with Gasteiger partial charge in [0.1, 0.15) is 0 Å². The zero-order valence-corrected chi connectivity index (χ0v) is 8.51. The molecule has 1 aliphatic rings. The van der Waals surface area contributed by atoms with Gasteiger partial charge in [-0.05, 0) is 26.0 Å². The largest absolute Gasteiger partial charge is 0.302 e. The molecule has 13 heavy (non-hydrogen) atoms. The van der Waals surface area contributed by atoms with Gasteiger partial charge in [-0.15, -0.1) is 12.3 Å². The van der Waals surface area contributed by atoms with Gasteiger partial charge in [0.15, 0.2) is 0 Å². The summed E-state index contributed by atoms with van der Waals surface area (Å²) < 4.78 is 0. The molecule has 0 N–H and O–H groups in total. The summed E-state index contributed by atoms with van der Waals surface area (Å²) in [7, 11) is 2.16. The molecule has 1 heteroatoms. The van der Waals surface area contributed by atoms with Crippen LogP contribution in [0.1, 0.15) is 19.8 Å². The highest BCUT2D eigenvalue weighted by Gasteiger charge is 2.09. The van der Waals surface area contributed by atoms with Gasteiger partial charge in [-0.3, -0.25) is 0 Å². The summed E-state index contributed by atoms with van der Waals surface area (Å²) in [5.74, 6) is 2.61. The Bertz CT molecular complexity index is 265. The van der Waals surface area contributed by atoms with E-state index in [1.807, 2.05) is 0 Å². The molecule has 0 unspecified atom stereocenters. The quantitative estimate of drug-likeness (QED) is 0.582. The van der Waals surface area contributed by atoms with E-state index in [4.69, 9.17) is 6.42 Å². The Morgan fingerprint density at radius 3 is 3.00 bits per heavy atom. The number of rotatable bonds is 2. The van der Waals surface area contributed by atoms with Crippen molar-refractivity contribution in [2.45, 2.75) is 19.8 Å². The van der Waals surface area contributed by atoms with Crippen molar-refractivity contribution in [3.05, 3.63) is 23.3 Å². The van der Waals surface area contributed by atoms with Crippen molar-refractivity contribution in [2.24, 2.45) is 0 Å². The molecular weight excluding hydrogens is 158 g/mol. The van der Waals surface area contributed by atoms with Crippen LogP contribution >= 0.6 is 0 Å². The molecule has 1 nitrogen and oxygen atoms in total. The number of hydrogen-bond acceptors (Lipinski definition) is 1. The first-order valence-corrected chi connectivity index (χ1v) is 4.71. The van der Waals surface area contributed by atoms with Crippen LogP contribution in [0.25, 0.3) is 0 Å². The second-order valence-electron chi connectivity index (χ2n) is 3.60. The molecule has 0 radical (unpaired) electrons. The van der Waals surface area contributed by atoms with E-state index in [-0.39, 0.29) is 0 Å². The molecule has 0 aromatic rings. The van der Waals surface area contributed by atoms with Gasteiger partial charge in [0, 0.05) is 19.5 Å². The lowest BCUT2D eigenvalue weighted by molar-refractivity contribution is 0.350. The topological polar surface area (TPSA) is 3.24 Å². The second kappa shape index (κ2) is 4.89. The number of likely N-dealkylation sites (N-methyl/N-ethyl adjacent to an activating group) is 1. The fourth-order valence-corrected chi connectivity index (χ4v) is 1.60. The van der Waals surface area contributed by atoms with Crippen LogP contribution in [0.15, 0.2) is 23.3 Å². The van der Waals surface area contributed by atoms with Crippen LogP contribution in [0.4, 0.5) is 0 Å². The lowest BCUT2D eigenvalue weighted by Crippen LogP contribution is -2.26. The third kappa shape index (κ3) is 3.08. The van der Waals surface area contributed by atoms with Crippen LogP contribution < -0.4 is 0 Å². The van der Waals surface area contributed by atoms with Gasteiger partial charge in [0.2, 0.25) is 0 Å². The van der Waals surface area contributed by atoms with Gasteiger partial charge in [-0.25, -0.2) is 0 Å². The van der Waals surface area contributed by atoms with E-state index >= 15 is 0 Å². The van der Waals surface area contributed by atoms with Crippen LogP contribution in [-0.4, -0.2) is 25.0 Å². The minimum atomic E-state index is 0.743. The fourth-order valence-electron chi connectivity index (χ4n) is 1.60.